The van der Waals surface area contributed by atoms with Gasteiger partial charge in [-0.25, -0.2) is 9.97 Å². The normalized spacial score (nSPS) is 10.5. The topological polar surface area (TPSA) is 42.9 Å². The van der Waals surface area contributed by atoms with Crippen LogP contribution in [0.4, 0.5) is 0 Å². The lowest BCUT2D eigenvalue weighted by Crippen LogP contribution is -2.03. The minimum Gasteiger partial charge on any atom is -0.293 e. The number of hydrogen-bond donors (Lipinski definition) is 0. The Morgan fingerprint density at radius 3 is 2.21 bits per heavy atom. The summed E-state index contributed by atoms with van der Waals surface area (Å²) in [4.78, 5) is 20.6. The van der Waals surface area contributed by atoms with Gasteiger partial charge in [0.15, 0.2) is 10.9 Å². The summed E-state index contributed by atoms with van der Waals surface area (Å²) in [6, 6.07) is 9.55. The van der Waals surface area contributed by atoms with Crippen molar-refractivity contribution in [3.8, 4) is 0 Å². The van der Waals surface area contributed by atoms with E-state index in [1.807, 2.05) is 51.1 Å². The second-order valence-corrected chi connectivity index (χ2v) is 5.45. The van der Waals surface area contributed by atoms with Gasteiger partial charge in [0.2, 0.25) is 0 Å². The first-order valence-electron chi connectivity index (χ1n) is 6.09. The zero-order valence-electron chi connectivity index (χ0n) is 11.3. The molecule has 4 heteroatoms. The van der Waals surface area contributed by atoms with Gasteiger partial charge in [-0.1, -0.05) is 41.6 Å². The van der Waals surface area contributed by atoms with Crippen LogP contribution in [0.5, 0.6) is 0 Å². The van der Waals surface area contributed by atoms with Crippen LogP contribution in [0.3, 0.4) is 0 Å². The van der Waals surface area contributed by atoms with Gasteiger partial charge >= 0.3 is 0 Å². The SMILES string of the molecule is Cc1ccc(C(=O)CSc2nc(C)cc(C)n2)cc1. The molecule has 0 fully saturated rings. The largest absolute Gasteiger partial charge is 0.293 e. The van der Waals surface area contributed by atoms with E-state index in [4.69, 9.17) is 0 Å². The minimum atomic E-state index is 0.104. The fraction of sp³-hybridized carbons (Fsp3) is 0.267. The molecular weight excluding hydrogens is 256 g/mol. The Morgan fingerprint density at radius 2 is 1.63 bits per heavy atom. The minimum absolute atomic E-state index is 0.104. The Balaban J connectivity index is 2.02. The molecule has 0 amide bonds. The predicted octanol–water partition coefficient (Wildman–Crippen LogP) is 3.38. The van der Waals surface area contributed by atoms with Crippen LogP contribution in [-0.2, 0) is 0 Å². The van der Waals surface area contributed by atoms with Crippen LogP contribution in [-0.4, -0.2) is 21.5 Å². The molecule has 0 N–H and O–H groups in total. The third-order valence-corrected chi connectivity index (χ3v) is 3.51. The first-order chi connectivity index (χ1) is 9.04. The lowest BCUT2D eigenvalue weighted by atomic mass is 10.1. The summed E-state index contributed by atoms with van der Waals surface area (Å²) in [6.45, 7) is 5.87. The molecule has 0 bridgehead atoms. The Morgan fingerprint density at radius 1 is 1.05 bits per heavy atom. The molecule has 2 rings (SSSR count). The quantitative estimate of drug-likeness (QED) is 0.486. The van der Waals surface area contributed by atoms with Crippen LogP contribution in [0.2, 0.25) is 0 Å². The van der Waals surface area contributed by atoms with E-state index in [9.17, 15) is 4.79 Å². The fourth-order valence-corrected chi connectivity index (χ4v) is 2.55. The molecule has 0 saturated heterocycles. The average molecular weight is 272 g/mol. The highest BCUT2D eigenvalue weighted by Crippen LogP contribution is 2.16. The summed E-state index contributed by atoms with van der Waals surface area (Å²) in [6.07, 6.45) is 0. The third kappa shape index (κ3) is 3.89. The summed E-state index contributed by atoms with van der Waals surface area (Å²) in [5.41, 5.74) is 3.75. The lowest BCUT2D eigenvalue weighted by Gasteiger charge is -2.03. The maximum absolute atomic E-state index is 12.0. The summed E-state index contributed by atoms with van der Waals surface area (Å²) in [5, 5.41) is 0.665. The maximum atomic E-state index is 12.0. The van der Waals surface area contributed by atoms with Crippen molar-refractivity contribution in [2.24, 2.45) is 0 Å². The molecule has 0 aliphatic rings. The van der Waals surface area contributed by atoms with E-state index in [0.29, 0.717) is 10.9 Å². The van der Waals surface area contributed by atoms with Crippen molar-refractivity contribution < 1.29 is 4.79 Å². The zero-order valence-corrected chi connectivity index (χ0v) is 12.1. The van der Waals surface area contributed by atoms with Gasteiger partial charge in [0.05, 0.1) is 5.75 Å². The van der Waals surface area contributed by atoms with Gasteiger partial charge in [0, 0.05) is 17.0 Å². The molecule has 1 aromatic heterocycles. The number of nitrogens with zero attached hydrogens (tertiary/aromatic N) is 2. The van der Waals surface area contributed by atoms with Crippen LogP contribution in [0.15, 0.2) is 35.5 Å². The number of rotatable bonds is 4. The van der Waals surface area contributed by atoms with E-state index in [1.165, 1.54) is 11.8 Å². The van der Waals surface area contributed by atoms with Crippen LogP contribution >= 0.6 is 11.8 Å². The number of aromatic nitrogens is 2. The highest BCUT2D eigenvalue weighted by Gasteiger charge is 2.08. The van der Waals surface area contributed by atoms with Crippen molar-refractivity contribution in [2.45, 2.75) is 25.9 Å². The van der Waals surface area contributed by atoms with Gasteiger partial charge in [-0.05, 0) is 26.8 Å². The highest BCUT2D eigenvalue weighted by molar-refractivity contribution is 7.99. The van der Waals surface area contributed by atoms with E-state index < -0.39 is 0 Å². The van der Waals surface area contributed by atoms with Gasteiger partial charge in [0.1, 0.15) is 0 Å². The molecule has 2 aromatic rings. The molecule has 1 aromatic carbocycles. The monoisotopic (exact) mass is 272 g/mol. The lowest BCUT2D eigenvalue weighted by molar-refractivity contribution is 0.102. The van der Waals surface area contributed by atoms with Gasteiger partial charge < -0.3 is 0 Å². The molecule has 19 heavy (non-hydrogen) atoms. The van der Waals surface area contributed by atoms with Crippen LogP contribution in [0, 0.1) is 20.8 Å². The second-order valence-electron chi connectivity index (χ2n) is 4.51. The van der Waals surface area contributed by atoms with Crippen molar-refractivity contribution in [1.29, 1.82) is 0 Å². The predicted molar refractivity (Wildman–Crippen MR) is 77.7 cm³/mol. The van der Waals surface area contributed by atoms with Crippen molar-refractivity contribution in [3.05, 3.63) is 52.8 Å². The van der Waals surface area contributed by atoms with E-state index in [1.54, 1.807) is 0 Å². The van der Waals surface area contributed by atoms with Gasteiger partial charge in [-0.3, -0.25) is 4.79 Å². The number of benzene rings is 1. The number of aryl methyl sites for hydroxylation is 3. The Labute approximate surface area is 117 Å². The standard InChI is InChI=1S/C15H16N2OS/c1-10-4-6-13(7-5-10)14(18)9-19-15-16-11(2)8-12(3)17-15/h4-8H,9H2,1-3H3. The third-order valence-electron chi connectivity index (χ3n) is 2.67. The van der Waals surface area contributed by atoms with Crippen LogP contribution in [0.1, 0.15) is 27.3 Å². The summed E-state index contributed by atoms with van der Waals surface area (Å²) in [7, 11) is 0. The van der Waals surface area contributed by atoms with E-state index in [2.05, 4.69) is 9.97 Å². The van der Waals surface area contributed by atoms with Crippen molar-refractivity contribution in [1.82, 2.24) is 9.97 Å². The molecule has 0 radical (unpaired) electrons. The molecule has 1 heterocycles. The number of carbonyl (C=O) groups excluding carboxylic acids is 1. The van der Waals surface area contributed by atoms with Gasteiger partial charge in [-0.15, -0.1) is 0 Å². The van der Waals surface area contributed by atoms with Crippen molar-refractivity contribution in [2.75, 3.05) is 5.75 Å². The number of thioether (sulfide) groups is 1. The summed E-state index contributed by atoms with van der Waals surface area (Å²) in [5.74, 6) is 0.471. The zero-order chi connectivity index (χ0) is 13.8. The molecular formula is C15H16N2OS. The van der Waals surface area contributed by atoms with E-state index in [-0.39, 0.29) is 5.78 Å². The number of ketones is 1. The molecule has 0 aliphatic carbocycles. The fourth-order valence-electron chi connectivity index (χ4n) is 1.71. The number of Topliss-reactive ketones (excluding diaryl/α,β-unsaturated/α-hetero) is 1. The molecule has 3 nitrogen and oxygen atoms in total. The Kier molecular flexibility index (Phi) is 4.32. The average Bonchev–Trinajstić information content (AvgIpc) is 2.36. The molecule has 0 unspecified atom stereocenters. The molecule has 0 spiro atoms. The highest BCUT2D eigenvalue weighted by atomic mass is 32.2. The Hall–Kier alpha value is -1.68. The first kappa shape index (κ1) is 13.7. The van der Waals surface area contributed by atoms with E-state index in [0.717, 1.165) is 22.5 Å². The molecule has 0 atom stereocenters. The smallest absolute Gasteiger partial charge is 0.188 e. The van der Waals surface area contributed by atoms with E-state index >= 15 is 0 Å². The van der Waals surface area contributed by atoms with Crippen molar-refractivity contribution in [3.63, 3.8) is 0 Å². The second kappa shape index (κ2) is 5.97. The van der Waals surface area contributed by atoms with Gasteiger partial charge in [-0.2, -0.15) is 0 Å². The number of carbonyl (C=O) groups is 1. The Bertz CT molecular complexity index is 573. The summed E-state index contributed by atoms with van der Waals surface area (Å²) >= 11 is 1.38. The molecule has 0 saturated carbocycles. The van der Waals surface area contributed by atoms with Crippen LogP contribution < -0.4 is 0 Å². The first-order valence-corrected chi connectivity index (χ1v) is 7.08. The summed E-state index contributed by atoms with van der Waals surface area (Å²) < 4.78 is 0. The number of hydrogen-bond acceptors (Lipinski definition) is 4. The van der Waals surface area contributed by atoms with Crippen LogP contribution in [0.25, 0.3) is 0 Å². The maximum Gasteiger partial charge on any atom is 0.188 e. The van der Waals surface area contributed by atoms with Crippen molar-refractivity contribution >= 4 is 17.5 Å². The molecule has 0 aliphatic heterocycles. The van der Waals surface area contributed by atoms with Gasteiger partial charge in [0.25, 0.3) is 0 Å². The molecule has 98 valence electrons.